The Morgan fingerprint density at radius 2 is 2.25 bits per heavy atom. The van der Waals surface area contributed by atoms with Crippen molar-refractivity contribution in [2.45, 2.75) is 12.5 Å². The van der Waals surface area contributed by atoms with Gasteiger partial charge in [0.05, 0.1) is 19.8 Å². The molecule has 2 aromatic rings. The minimum Gasteiger partial charge on any atom is -0.490 e. The van der Waals surface area contributed by atoms with Crippen molar-refractivity contribution >= 4 is 5.82 Å². The summed E-state index contributed by atoms with van der Waals surface area (Å²) >= 11 is 0. The second kappa shape index (κ2) is 7.11. The van der Waals surface area contributed by atoms with Crippen molar-refractivity contribution in [1.82, 2.24) is 9.97 Å². The molecule has 1 saturated heterocycles. The van der Waals surface area contributed by atoms with Gasteiger partial charge in [-0.05, 0) is 19.1 Å². The molecule has 1 aromatic carbocycles. The quantitative estimate of drug-likeness (QED) is 0.916. The van der Waals surface area contributed by atoms with Crippen molar-refractivity contribution in [3.63, 3.8) is 0 Å². The standard InChI is InChI=1S/C17H20FN3O3/c1-13-7-16(20-12-19-13)21-5-6-23-10-17(22,9-21)11-24-15-4-2-3-14(18)8-15/h2-4,7-8,12,22H,5-6,9-11H2,1H3. The fourth-order valence-corrected chi connectivity index (χ4v) is 2.59. The largest absolute Gasteiger partial charge is 0.490 e. The zero-order valence-corrected chi connectivity index (χ0v) is 13.5. The zero-order chi connectivity index (χ0) is 17.0. The second-order valence-corrected chi connectivity index (χ2v) is 5.96. The molecular formula is C17H20FN3O3. The number of aromatic nitrogens is 2. The Labute approximate surface area is 139 Å². The van der Waals surface area contributed by atoms with E-state index in [-0.39, 0.29) is 19.0 Å². The number of benzene rings is 1. The second-order valence-electron chi connectivity index (χ2n) is 5.96. The van der Waals surface area contributed by atoms with Gasteiger partial charge in [0.1, 0.15) is 35.9 Å². The van der Waals surface area contributed by atoms with Gasteiger partial charge in [0.15, 0.2) is 0 Å². The minimum atomic E-state index is -1.22. The van der Waals surface area contributed by atoms with E-state index in [1.807, 2.05) is 17.9 Å². The fourth-order valence-electron chi connectivity index (χ4n) is 2.59. The van der Waals surface area contributed by atoms with Crippen LogP contribution in [0, 0.1) is 12.7 Å². The summed E-state index contributed by atoms with van der Waals surface area (Å²) in [6, 6.07) is 7.70. The molecule has 1 atom stereocenters. The van der Waals surface area contributed by atoms with Crippen LogP contribution in [0.4, 0.5) is 10.2 Å². The third-order valence-corrected chi connectivity index (χ3v) is 3.78. The first-order valence-electron chi connectivity index (χ1n) is 7.76. The molecule has 1 fully saturated rings. The number of ether oxygens (including phenoxy) is 2. The summed E-state index contributed by atoms with van der Waals surface area (Å²) in [4.78, 5) is 10.3. The van der Waals surface area contributed by atoms with Crippen LogP contribution in [0.3, 0.4) is 0 Å². The van der Waals surface area contributed by atoms with Crippen LogP contribution in [-0.4, -0.2) is 53.6 Å². The van der Waals surface area contributed by atoms with E-state index >= 15 is 0 Å². The number of hydrogen-bond acceptors (Lipinski definition) is 6. The monoisotopic (exact) mass is 333 g/mol. The van der Waals surface area contributed by atoms with E-state index in [0.717, 1.165) is 11.5 Å². The Bertz CT molecular complexity index is 700. The fraction of sp³-hybridized carbons (Fsp3) is 0.412. The molecule has 1 unspecified atom stereocenters. The third kappa shape index (κ3) is 4.18. The van der Waals surface area contributed by atoms with Gasteiger partial charge in [-0.1, -0.05) is 6.07 Å². The summed E-state index contributed by atoms with van der Waals surface area (Å²) in [6.45, 7) is 3.42. The van der Waals surface area contributed by atoms with Crippen molar-refractivity contribution in [2.24, 2.45) is 0 Å². The number of hydrogen-bond donors (Lipinski definition) is 1. The molecule has 0 radical (unpaired) electrons. The molecule has 2 heterocycles. The molecule has 24 heavy (non-hydrogen) atoms. The molecule has 0 saturated carbocycles. The minimum absolute atomic E-state index is 0.00296. The summed E-state index contributed by atoms with van der Waals surface area (Å²) in [7, 11) is 0. The molecule has 1 N–H and O–H groups in total. The molecule has 0 amide bonds. The first kappa shape index (κ1) is 16.6. The SMILES string of the molecule is Cc1cc(N2CCOCC(O)(COc3cccc(F)c3)C2)ncn1. The van der Waals surface area contributed by atoms with E-state index in [1.165, 1.54) is 18.5 Å². The number of aliphatic hydroxyl groups is 1. The number of rotatable bonds is 4. The topological polar surface area (TPSA) is 67.7 Å². The van der Waals surface area contributed by atoms with Crippen LogP contribution in [-0.2, 0) is 4.74 Å². The summed E-state index contributed by atoms with van der Waals surface area (Å²) in [5.41, 5.74) is -0.369. The maximum atomic E-state index is 13.2. The summed E-state index contributed by atoms with van der Waals surface area (Å²) in [6.07, 6.45) is 1.50. The van der Waals surface area contributed by atoms with Crippen molar-refractivity contribution in [2.75, 3.05) is 37.8 Å². The Balaban J connectivity index is 1.71. The lowest BCUT2D eigenvalue weighted by Gasteiger charge is -2.31. The Hall–Kier alpha value is -2.25. The molecule has 3 rings (SSSR count). The summed E-state index contributed by atoms with van der Waals surface area (Å²) in [5.74, 6) is 0.726. The van der Waals surface area contributed by atoms with Gasteiger partial charge in [-0.2, -0.15) is 0 Å². The normalized spacial score (nSPS) is 21.4. The lowest BCUT2D eigenvalue weighted by molar-refractivity contribution is -0.0537. The van der Waals surface area contributed by atoms with Crippen molar-refractivity contribution < 1.29 is 19.0 Å². The van der Waals surface area contributed by atoms with E-state index < -0.39 is 5.60 Å². The van der Waals surface area contributed by atoms with E-state index in [4.69, 9.17) is 9.47 Å². The first-order chi connectivity index (χ1) is 11.5. The lowest BCUT2D eigenvalue weighted by Crippen LogP contribution is -2.49. The summed E-state index contributed by atoms with van der Waals surface area (Å²) < 4.78 is 24.3. The molecule has 6 nitrogen and oxygen atoms in total. The molecule has 0 aliphatic carbocycles. The molecule has 1 aliphatic rings. The number of anilines is 1. The highest BCUT2D eigenvalue weighted by Gasteiger charge is 2.34. The molecule has 0 spiro atoms. The van der Waals surface area contributed by atoms with E-state index in [2.05, 4.69) is 9.97 Å². The van der Waals surface area contributed by atoms with Crippen LogP contribution < -0.4 is 9.64 Å². The van der Waals surface area contributed by atoms with Gasteiger partial charge in [-0.15, -0.1) is 0 Å². The molecule has 128 valence electrons. The first-order valence-corrected chi connectivity index (χ1v) is 7.76. The van der Waals surface area contributed by atoms with Crippen molar-refractivity contribution in [3.8, 4) is 5.75 Å². The Morgan fingerprint density at radius 3 is 3.04 bits per heavy atom. The van der Waals surface area contributed by atoms with Crippen LogP contribution in [0.1, 0.15) is 5.69 Å². The molecule has 7 heteroatoms. The highest BCUT2D eigenvalue weighted by atomic mass is 19.1. The molecule has 1 aliphatic heterocycles. The number of aryl methyl sites for hydroxylation is 1. The average Bonchev–Trinajstić information content (AvgIpc) is 2.76. The third-order valence-electron chi connectivity index (χ3n) is 3.78. The molecular weight excluding hydrogens is 313 g/mol. The number of halogens is 1. The van der Waals surface area contributed by atoms with Crippen molar-refractivity contribution in [3.05, 3.63) is 48.2 Å². The van der Waals surface area contributed by atoms with E-state index in [1.54, 1.807) is 12.1 Å². The Morgan fingerprint density at radius 1 is 1.38 bits per heavy atom. The van der Waals surface area contributed by atoms with Crippen LogP contribution in [0.5, 0.6) is 5.75 Å². The van der Waals surface area contributed by atoms with Gasteiger partial charge in [0, 0.05) is 24.4 Å². The van der Waals surface area contributed by atoms with Gasteiger partial charge >= 0.3 is 0 Å². The van der Waals surface area contributed by atoms with Crippen LogP contribution in [0.15, 0.2) is 36.7 Å². The summed E-state index contributed by atoms with van der Waals surface area (Å²) in [5, 5.41) is 10.9. The number of nitrogens with zero attached hydrogens (tertiary/aromatic N) is 3. The predicted molar refractivity (Wildman–Crippen MR) is 86.6 cm³/mol. The number of β-amino-alcohol motifs (C(OH)–C–C–N with tert-alkyl or cyclic N) is 1. The lowest BCUT2D eigenvalue weighted by atomic mass is 10.1. The molecule has 1 aromatic heterocycles. The van der Waals surface area contributed by atoms with Gasteiger partial charge < -0.3 is 19.5 Å². The van der Waals surface area contributed by atoms with Gasteiger partial charge in [-0.25, -0.2) is 14.4 Å². The van der Waals surface area contributed by atoms with Crippen molar-refractivity contribution in [1.29, 1.82) is 0 Å². The highest BCUT2D eigenvalue weighted by Crippen LogP contribution is 2.20. The van der Waals surface area contributed by atoms with Crippen LogP contribution in [0.2, 0.25) is 0 Å². The van der Waals surface area contributed by atoms with Crippen LogP contribution in [0.25, 0.3) is 0 Å². The van der Waals surface area contributed by atoms with E-state index in [0.29, 0.717) is 25.4 Å². The van der Waals surface area contributed by atoms with E-state index in [9.17, 15) is 9.50 Å². The maximum absolute atomic E-state index is 13.2. The van der Waals surface area contributed by atoms with Gasteiger partial charge in [0.2, 0.25) is 0 Å². The van der Waals surface area contributed by atoms with Gasteiger partial charge in [-0.3, -0.25) is 0 Å². The average molecular weight is 333 g/mol. The predicted octanol–water partition coefficient (Wildman–Crippen LogP) is 1.57. The van der Waals surface area contributed by atoms with Crippen LogP contribution >= 0.6 is 0 Å². The highest BCUT2D eigenvalue weighted by molar-refractivity contribution is 5.39. The zero-order valence-electron chi connectivity index (χ0n) is 13.5. The Kier molecular flexibility index (Phi) is 4.92. The molecule has 0 bridgehead atoms. The van der Waals surface area contributed by atoms with Gasteiger partial charge in [0.25, 0.3) is 0 Å². The smallest absolute Gasteiger partial charge is 0.139 e. The maximum Gasteiger partial charge on any atom is 0.139 e.